The first-order chi connectivity index (χ1) is 7.58. The third-order valence-electron chi connectivity index (χ3n) is 2.71. The Kier molecular flexibility index (Phi) is 4.98. The molecule has 0 aromatic heterocycles. The smallest absolute Gasteiger partial charge is 0.121 e. The van der Waals surface area contributed by atoms with Gasteiger partial charge in [0.05, 0.1) is 6.07 Å². The third kappa shape index (κ3) is 3.33. The Morgan fingerprint density at radius 2 is 2.19 bits per heavy atom. The Morgan fingerprint density at radius 3 is 2.69 bits per heavy atom. The van der Waals surface area contributed by atoms with E-state index in [0.717, 1.165) is 22.0 Å². The van der Waals surface area contributed by atoms with Crippen molar-refractivity contribution in [2.24, 2.45) is 0 Å². The molecule has 86 valence electrons. The van der Waals surface area contributed by atoms with Crippen molar-refractivity contribution in [1.82, 2.24) is 5.32 Å². The average molecular weight is 281 g/mol. The van der Waals surface area contributed by atoms with Crippen molar-refractivity contribution < 1.29 is 0 Å². The zero-order valence-corrected chi connectivity index (χ0v) is 11.5. The predicted molar refractivity (Wildman–Crippen MR) is 70.1 cm³/mol. The highest BCUT2D eigenvalue weighted by molar-refractivity contribution is 9.10. The molecule has 0 spiro atoms. The van der Waals surface area contributed by atoms with Gasteiger partial charge in [-0.3, -0.25) is 5.32 Å². The Hall–Kier alpha value is -0.850. The fraction of sp³-hybridized carbons (Fsp3) is 0.462. The van der Waals surface area contributed by atoms with E-state index in [9.17, 15) is 0 Å². The minimum Gasteiger partial charge on any atom is -0.296 e. The van der Waals surface area contributed by atoms with Crippen LogP contribution in [0.15, 0.2) is 22.7 Å². The summed E-state index contributed by atoms with van der Waals surface area (Å²) in [6.07, 6.45) is 1.02. The largest absolute Gasteiger partial charge is 0.296 e. The fourth-order valence-electron chi connectivity index (χ4n) is 1.46. The molecule has 0 aliphatic carbocycles. The number of aryl methyl sites for hydroxylation is 1. The van der Waals surface area contributed by atoms with Gasteiger partial charge in [-0.2, -0.15) is 5.26 Å². The van der Waals surface area contributed by atoms with Crippen molar-refractivity contribution in [2.45, 2.75) is 39.3 Å². The second-order valence-corrected chi connectivity index (χ2v) is 4.90. The van der Waals surface area contributed by atoms with Crippen molar-refractivity contribution in [3.63, 3.8) is 0 Å². The first kappa shape index (κ1) is 13.2. The van der Waals surface area contributed by atoms with Crippen LogP contribution in [0.3, 0.4) is 0 Å². The molecule has 0 aliphatic rings. The summed E-state index contributed by atoms with van der Waals surface area (Å²) in [5, 5.41) is 12.5. The normalized spacial score (nSPS) is 14.2. The second kappa shape index (κ2) is 6.03. The zero-order valence-electron chi connectivity index (χ0n) is 9.92. The number of benzene rings is 1. The Bertz CT molecular complexity index is 395. The monoisotopic (exact) mass is 280 g/mol. The first-order valence-corrected chi connectivity index (χ1v) is 6.29. The molecule has 0 bridgehead atoms. The van der Waals surface area contributed by atoms with E-state index in [0.29, 0.717) is 6.04 Å². The highest BCUT2D eigenvalue weighted by atomic mass is 79.9. The Balaban J connectivity index is 2.88. The van der Waals surface area contributed by atoms with E-state index in [2.05, 4.69) is 41.2 Å². The van der Waals surface area contributed by atoms with Crippen molar-refractivity contribution in [3.8, 4) is 6.07 Å². The molecule has 0 heterocycles. The summed E-state index contributed by atoms with van der Waals surface area (Å²) in [6, 6.07) is 8.47. The third-order valence-corrected chi connectivity index (χ3v) is 3.60. The molecule has 1 rings (SSSR count). The molecule has 0 aliphatic heterocycles. The van der Waals surface area contributed by atoms with E-state index in [1.54, 1.807) is 0 Å². The van der Waals surface area contributed by atoms with Crippen LogP contribution in [0.25, 0.3) is 0 Å². The van der Waals surface area contributed by atoms with Crippen molar-refractivity contribution in [3.05, 3.63) is 33.8 Å². The van der Waals surface area contributed by atoms with Crippen LogP contribution >= 0.6 is 15.9 Å². The lowest BCUT2D eigenvalue weighted by atomic mass is 10.0. The van der Waals surface area contributed by atoms with E-state index in [1.165, 1.54) is 0 Å². The van der Waals surface area contributed by atoms with E-state index in [-0.39, 0.29) is 6.04 Å². The maximum atomic E-state index is 9.16. The standard InChI is InChI=1S/C13H17BrN2/c1-4-10(3)16-13(8-15)11-5-6-12(14)9(2)7-11/h5-7,10,13,16H,4H2,1-3H3. The number of halogens is 1. The van der Waals surface area contributed by atoms with E-state index in [4.69, 9.17) is 5.26 Å². The Labute approximate surface area is 106 Å². The average Bonchev–Trinajstić information content (AvgIpc) is 2.29. The summed E-state index contributed by atoms with van der Waals surface area (Å²) in [6.45, 7) is 6.24. The molecule has 2 unspecified atom stereocenters. The van der Waals surface area contributed by atoms with Crippen LogP contribution in [-0.4, -0.2) is 6.04 Å². The summed E-state index contributed by atoms with van der Waals surface area (Å²) >= 11 is 3.46. The van der Waals surface area contributed by atoms with Crippen molar-refractivity contribution >= 4 is 15.9 Å². The number of hydrogen-bond donors (Lipinski definition) is 1. The van der Waals surface area contributed by atoms with Crippen LogP contribution in [0.4, 0.5) is 0 Å². The molecule has 1 N–H and O–H groups in total. The molecule has 0 radical (unpaired) electrons. The molecule has 0 saturated heterocycles. The number of rotatable bonds is 4. The highest BCUT2D eigenvalue weighted by Crippen LogP contribution is 2.21. The first-order valence-electron chi connectivity index (χ1n) is 5.50. The van der Waals surface area contributed by atoms with Crippen LogP contribution < -0.4 is 5.32 Å². The zero-order chi connectivity index (χ0) is 12.1. The molecular weight excluding hydrogens is 264 g/mol. The second-order valence-electron chi connectivity index (χ2n) is 4.05. The number of hydrogen-bond acceptors (Lipinski definition) is 2. The van der Waals surface area contributed by atoms with Crippen LogP contribution in [-0.2, 0) is 0 Å². The molecule has 2 nitrogen and oxygen atoms in total. The maximum absolute atomic E-state index is 9.16. The van der Waals surface area contributed by atoms with Crippen LogP contribution in [0.2, 0.25) is 0 Å². The van der Waals surface area contributed by atoms with E-state index < -0.39 is 0 Å². The van der Waals surface area contributed by atoms with Crippen LogP contribution in [0.1, 0.15) is 37.4 Å². The van der Waals surface area contributed by atoms with Gasteiger partial charge in [0.1, 0.15) is 6.04 Å². The highest BCUT2D eigenvalue weighted by Gasteiger charge is 2.13. The van der Waals surface area contributed by atoms with Gasteiger partial charge in [0.15, 0.2) is 0 Å². The molecular formula is C13H17BrN2. The van der Waals surface area contributed by atoms with Gasteiger partial charge in [-0.25, -0.2) is 0 Å². The minimum absolute atomic E-state index is 0.221. The Morgan fingerprint density at radius 1 is 1.50 bits per heavy atom. The lowest BCUT2D eigenvalue weighted by Crippen LogP contribution is -2.29. The van der Waals surface area contributed by atoms with Gasteiger partial charge in [-0.15, -0.1) is 0 Å². The van der Waals surface area contributed by atoms with E-state index >= 15 is 0 Å². The maximum Gasteiger partial charge on any atom is 0.121 e. The molecule has 0 amide bonds. The van der Waals surface area contributed by atoms with Crippen LogP contribution in [0, 0.1) is 18.3 Å². The molecule has 0 saturated carbocycles. The number of nitriles is 1. The van der Waals surface area contributed by atoms with Gasteiger partial charge < -0.3 is 0 Å². The SMILES string of the molecule is CCC(C)NC(C#N)c1ccc(Br)c(C)c1. The van der Waals surface area contributed by atoms with Gasteiger partial charge in [0.25, 0.3) is 0 Å². The summed E-state index contributed by atoms with van der Waals surface area (Å²) in [7, 11) is 0. The van der Waals surface area contributed by atoms with E-state index in [1.807, 2.05) is 25.1 Å². The predicted octanol–water partition coefficient (Wildman–Crippen LogP) is 3.71. The van der Waals surface area contributed by atoms with Crippen LogP contribution in [0.5, 0.6) is 0 Å². The lowest BCUT2D eigenvalue weighted by molar-refractivity contribution is 0.501. The summed E-state index contributed by atoms with van der Waals surface area (Å²) in [5.74, 6) is 0. The summed E-state index contributed by atoms with van der Waals surface area (Å²) < 4.78 is 1.08. The lowest BCUT2D eigenvalue weighted by Gasteiger charge is -2.17. The quantitative estimate of drug-likeness (QED) is 0.913. The molecule has 2 atom stereocenters. The summed E-state index contributed by atoms with van der Waals surface area (Å²) in [5.41, 5.74) is 2.19. The van der Waals surface area contributed by atoms with Gasteiger partial charge in [-0.05, 0) is 37.5 Å². The molecule has 1 aromatic carbocycles. The topological polar surface area (TPSA) is 35.8 Å². The van der Waals surface area contributed by atoms with Gasteiger partial charge in [-0.1, -0.05) is 35.0 Å². The van der Waals surface area contributed by atoms with Gasteiger partial charge in [0.2, 0.25) is 0 Å². The summed E-state index contributed by atoms with van der Waals surface area (Å²) in [4.78, 5) is 0. The van der Waals surface area contributed by atoms with Crippen molar-refractivity contribution in [2.75, 3.05) is 0 Å². The molecule has 0 fully saturated rings. The van der Waals surface area contributed by atoms with Gasteiger partial charge in [0, 0.05) is 10.5 Å². The minimum atomic E-state index is -0.221. The molecule has 3 heteroatoms. The molecule has 16 heavy (non-hydrogen) atoms. The number of nitrogens with zero attached hydrogens (tertiary/aromatic N) is 1. The fourth-order valence-corrected chi connectivity index (χ4v) is 1.70. The number of nitrogens with one attached hydrogen (secondary N) is 1. The van der Waals surface area contributed by atoms with Crippen molar-refractivity contribution in [1.29, 1.82) is 5.26 Å². The van der Waals surface area contributed by atoms with Gasteiger partial charge >= 0.3 is 0 Å². The molecule has 1 aromatic rings.